The van der Waals surface area contributed by atoms with Crippen LogP contribution in [0.25, 0.3) is 27.8 Å². The van der Waals surface area contributed by atoms with Crippen molar-refractivity contribution in [2.45, 2.75) is 13.8 Å². The summed E-state index contributed by atoms with van der Waals surface area (Å²) in [5.41, 5.74) is 4.55. The van der Waals surface area contributed by atoms with Gasteiger partial charge in [-0.25, -0.2) is 0 Å². The van der Waals surface area contributed by atoms with E-state index in [1.165, 1.54) is 6.21 Å². The number of rotatable bonds is 3. The molecule has 0 unspecified atom stereocenters. The summed E-state index contributed by atoms with van der Waals surface area (Å²) in [5, 5.41) is 27.6. The number of benzene rings is 2. The molecule has 27 heavy (non-hydrogen) atoms. The standard InChI is InChI=1S/C20H16ClN3O3/c1-11-18(12(2)27-23-11)20-15(10-22-26)19-16(21)4-3-5-17(19)24(20)13-6-8-14(25)9-7-13/h3-10,25-26H,1-2H3/b22-10+. The molecule has 0 saturated carbocycles. The van der Waals surface area contributed by atoms with Crippen LogP contribution in [-0.2, 0) is 0 Å². The van der Waals surface area contributed by atoms with Crippen LogP contribution in [0.5, 0.6) is 5.75 Å². The van der Waals surface area contributed by atoms with Gasteiger partial charge in [-0.2, -0.15) is 0 Å². The summed E-state index contributed by atoms with van der Waals surface area (Å²) >= 11 is 6.50. The van der Waals surface area contributed by atoms with E-state index in [1.54, 1.807) is 30.3 Å². The van der Waals surface area contributed by atoms with E-state index in [1.807, 2.05) is 30.5 Å². The molecule has 0 atom stereocenters. The van der Waals surface area contributed by atoms with Crippen LogP contribution in [0.2, 0.25) is 5.02 Å². The van der Waals surface area contributed by atoms with Crippen LogP contribution in [0.4, 0.5) is 0 Å². The van der Waals surface area contributed by atoms with E-state index in [0.717, 1.165) is 27.8 Å². The van der Waals surface area contributed by atoms with Crippen molar-refractivity contribution in [1.82, 2.24) is 9.72 Å². The quantitative estimate of drug-likeness (QED) is 0.295. The minimum Gasteiger partial charge on any atom is -0.508 e. The van der Waals surface area contributed by atoms with E-state index in [4.69, 9.17) is 16.1 Å². The summed E-state index contributed by atoms with van der Waals surface area (Å²) in [4.78, 5) is 0. The molecule has 7 heteroatoms. The highest BCUT2D eigenvalue weighted by Crippen LogP contribution is 2.41. The minimum atomic E-state index is 0.171. The van der Waals surface area contributed by atoms with Gasteiger partial charge in [0.15, 0.2) is 0 Å². The van der Waals surface area contributed by atoms with Gasteiger partial charge in [0.25, 0.3) is 0 Å². The molecular formula is C20H16ClN3O3. The fraction of sp³-hybridized carbons (Fsp3) is 0.100. The SMILES string of the molecule is Cc1noc(C)c1-c1c(/C=N/O)c2c(Cl)cccc2n1-c1ccc(O)cc1. The number of nitrogens with zero attached hydrogens (tertiary/aromatic N) is 3. The lowest BCUT2D eigenvalue weighted by molar-refractivity contribution is 0.322. The fourth-order valence-electron chi connectivity index (χ4n) is 3.45. The Morgan fingerprint density at radius 2 is 1.89 bits per heavy atom. The van der Waals surface area contributed by atoms with Crippen LogP contribution in [0.3, 0.4) is 0 Å². The summed E-state index contributed by atoms with van der Waals surface area (Å²) in [6.45, 7) is 3.68. The number of phenols is 1. The van der Waals surface area contributed by atoms with E-state index in [9.17, 15) is 10.3 Å². The Labute approximate surface area is 159 Å². The summed E-state index contributed by atoms with van der Waals surface area (Å²) in [6, 6.07) is 12.4. The van der Waals surface area contributed by atoms with E-state index in [-0.39, 0.29) is 5.75 Å². The number of aromatic hydroxyl groups is 1. The molecule has 6 nitrogen and oxygen atoms in total. The lowest BCUT2D eigenvalue weighted by Crippen LogP contribution is -1.99. The Balaban J connectivity index is 2.23. The van der Waals surface area contributed by atoms with Gasteiger partial charge in [-0.3, -0.25) is 0 Å². The van der Waals surface area contributed by atoms with Gasteiger partial charge in [-0.1, -0.05) is 28.0 Å². The Hall–Kier alpha value is -3.25. The molecule has 2 heterocycles. The monoisotopic (exact) mass is 381 g/mol. The Kier molecular flexibility index (Phi) is 4.12. The van der Waals surface area contributed by atoms with Gasteiger partial charge < -0.3 is 19.4 Å². The van der Waals surface area contributed by atoms with Gasteiger partial charge in [0, 0.05) is 16.6 Å². The zero-order valence-electron chi connectivity index (χ0n) is 14.6. The zero-order chi connectivity index (χ0) is 19.1. The third kappa shape index (κ3) is 2.65. The van der Waals surface area contributed by atoms with E-state index < -0.39 is 0 Å². The number of halogens is 1. The maximum Gasteiger partial charge on any atom is 0.143 e. The fourth-order valence-corrected chi connectivity index (χ4v) is 3.72. The third-order valence-electron chi connectivity index (χ3n) is 4.55. The third-order valence-corrected chi connectivity index (χ3v) is 4.86. The smallest absolute Gasteiger partial charge is 0.143 e. The van der Waals surface area contributed by atoms with Gasteiger partial charge in [0.1, 0.15) is 11.5 Å². The zero-order valence-corrected chi connectivity index (χ0v) is 15.4. The summed E-state index contributed by atoms with van der Waals surface area (Å²) in [6.07, 6.45) is 1.37. The van der Waals surface area contributed by atoms with E-state index >= 15 is 0 Å². The Morgan fingerprint density at radius 1 is 1.15 bits per heavy atom. The normalized spacial score (nSPS) is 11.7. The predicted octanol–water partition coefficient (Wildman–Crippen LogP) is 5.07. The molecule has 0 spiro atoms. The van der Waals surface area contributed by atoms with Crippen LogP contribution >= 0.6 is 11.6 Å². The predicted molar refractivity (Wildman–Crippen MR) is 104 cm³/mol. The first-order valence-corrected chi connectivity index (χ1v) is 8.63. The summed E-state index contributed by atoms with van der Waals surface area (Å²) in [5.74, 6) is 0.809. The summed E-state index contributed by atoms with van der Waals surface area (Å²) < 4.78 is 7.37. The number of oxime groups is 1. The number of aryl methyl sites for hydroxylation is 2. The number of hydrogen-bond donors (Lipinski definition) is 2. The highest BCUT2D eigenvalue weighted by molar-refractivity contribution is 6.37. The molecule has 2 aromatic heterocycles. The topological polar surface area (TPSA) is 83.8 Å². The number of phenolic OH excluding ortho intramolecular Hbond substituents is 1. The average Bonchev–Trinajstić information content (AvgIpc) is 3.14. The molecule has 0 aliphatic heterocycles. The van der Waals surface area contributed by atoms with Crippen LogP contribution < -0.4 is 0 Å². The molecule has 2 N–H and O–H groups in total. The molecule has 0 fully saturated rings. The number of fused-ring (bicyclic) bond motifs is 1. The van der Waals surface area contributed by atoms with Gasteiger partial charge in [-0.05, 0) is 50.2 Å². The first kappa shape index (κ1) is 17.2. The molecule has 0 aliphatic rings. The largest absolute Gasteiger partial charge is 0.508 e. The second-order valence-corrected chi connectivity index (χ2v) is 6.60. The first-order chi connectivity index (χ1) is 13.0. The van der Waals surface area contributed by atoms with Crippen molar-refractivity contribution in [3.05, 3.63) is 64.5 Å². The molecule has 0 aliphatic carbocycles. The molecule has 0 amide bonds. The Morgan fingerprint density at radius 3 is 2.52 bits per heavy atom. The van der Waals surface area contributed by atoms with Gasteiger partial charge in [-0.15, -0.1) is 0 Å². The van der Waals surface area contributed by atoms with Crippen LogP contribution in [-0.4, -0.2) is 26.3 Å². The molecule has 0 radical (unpaired) electrons. The molecule has 0 saturated heterocycles. The van der Waals surface area contributed by atoms with Crippen molar-refractivity contribution < 1.29 is 14.8 Å². The van der Waals surface area contributed by atoms with Gasteiger partial charge in [0.05, 0.1) is 33.7 Å². The van der Waals surface area contributed by atoms with Crippen LogP contribution in [0, 0.1) is 13.8 Å². The number of hydrogen-bond acceptors (Lipinski definition) is 5. The maximum absolute atomic E-state index is 9.68. The molecule has 136 valence electrons. The second-order valence-electron chi connectivity index (χ2n) is 6.19. The maximum atomic E-state index is 9.68. The molecule has 0 bridgehead atoms. The highest BCUT2D eigenvalue weighted by atomic mass is 35.5. The lowest BCUT2D eigenvalue weighted by Gasteiger charge is -2.12. The van der Waals surface area contributed by atoms with Gasteiger partial charge >= 0.3 is 0 Å². The van der Waals surface area contributed by atoms with Gasteiger partial charge in [0.2, 0.25) is 0 Å². The molecule has 2 aromatic carbocycles. The van der Waals surface area contributed by atoms with Crippen molar-refractivity contribution in [2.24, 2.45) is 5.16 Å². The Bertz CT molecular complexity index is 1150. The minimum absolute atomic E-state index is 0.171. The van der Waals surface area contributed by atoms with E-state index in [2.05, 4.69) is 10.3 Å². The van der Waals surface area contributed by atoms with Crippen LogP contribution in [0.1, 0.15) is 17.0 Å². The van der Waals surface area contributed by atoms with Crippen LogP contribution in [0.15, 0.2) is 52.1 Å². The second kappa shape index (κ2) is 6.48. The van der Waals surface area contributed by atoms with Crippen molar-refractivity contribution in [1.29, 1.82) is 0 Å². The highest BCUT2D eigenvalue weighted by Gasteiger charge is 2.25. The lowest BCUT2D eigenvalue weighted by atomic mass is 10.0. The summed E-state index contributed by atoms with van der Waals surface area (Å²) in [7, 11) is 0. The number of aromatic nitrogens is 2. The van der Waals surface area contributed by atoms with Crippen molar-refractivity contribution in [3.63, 3.8) is 0 Å². The molecule has 4 rings (SSSR count). The van der Waals surface area contributed by atoms with Crippen molar-refractivity contribution in [3.8, 4) is 22.7 Å². The average molecular weight is 382 g/mol. The van der Waals surface area contributed by atoms with E-state index in [0.29, 0.717) is 22.0 Å². The van der Waals surface area contributed by atoms with Crippen molar-refractivity contribution >= 4 is 28.7 Å². The first-order valence-electron chi connectivity index (χ1n) is 8.26. The molecular weight excluding hydrogens is 366 g/mol. The van der Waals surface area contributed by atoms with Crippen molar-refractivity contribution in [2.75, 3.05) is 0 Å². The molecule has 4 aromatic rings.